The van der Waals surface area contributed by atoms with Gasteiger partial charge in [-0.3, -0.25) is 82.2 Å². The van der Waals surface area contributed by atoms with Crippen molar-refractivity contribution in [3.8, 4) is 21.5 Å². The third kappa shape index (κ3) is 17.8. The van der Waals surface area contributed by atoms with E-state index in [4.69, 9.17) is 53.1 Å². The van der Waals surface area contributed by atoms with Gasteiger partial charge < -0.3 is 30.4 Å². The molecule has 2 unspecified atom stereocenters. The standard InChI is InChI=1S/C42H44ClN7O6S.C28H37N3O7.C19H17ClN4O2S/c1-23-24(2)57-40-33(23)35(26-13-15-27(43)16-14-26)45-29(36-48-47-25(3)49(36)40)21-32(51)44-19-8-6-4-5-7-9-20-56-31-12-10-11-28-34(31)39(54)50(38(28)53)30-22-42(17-18-42)41(55)46-37(30)52;1-27(2,3)38-26(36)31-23(33)19(17-28(13-14-28)25(31)35)30-22(32)18-11-10-12-20(21(18)24(30)34)37-16-9-7-5-4-6-8-15-29;1-9-10(2)27-19-16(9)17(12-4-6-13(20)7-5-12)21-14(8-15(25)26)18-23-22-11(3)24(18)19/h10-16,29-30H,4-9,17-22H2,1-3H3,(H,44,51)(H,46,52,55);10-12,19H,4-9,13-17,29H2,1-3H3;4-7,14H,8H2,1-3H3,(H,25,26)/t29-,30?;;14-/m0.0/s1. The number of likely N-dealkylation sites (tertiary alicyclic amines) is 1. The number of carbonyl (C=O) groups is 11. The van der Waals surface area contributed by atoms with Crippen LogP contribution >= 0.6 is 45.9 Å². The fourth-order valence-corrected chi connectivity index (χ4v) is 19.1. The van der Waals surface area contributed by atoms with Gasteiger partial charge in [0.2, 0.25) is 23.6 Å². The van der Waals surface area contributed by atoms with E-state index in [2.05, 4.69) is 58.7 Å². The number of ether oxygens (including phenoxy) is 3. The second-order valence-corrected chi connectivity index (χ2v) is 36.6. The van der Waals surface area contributed by atoms with Crippen molar-refractivity contribution in [3.63, 3.8) is 0 Å². The number of fused-ring (bicyclic) bond motifs is 8. The van der Waals surface area contributed by atoms with Crippen molar-refractivity contribution in [2.45, 2.75) is 220 Å². The van der Waals surface area contributed by atoms with E-state index in [1.165, 1.54) is 15.8 Å². The van der Waals surface area contributed by atoms with Gasteiger partial charge in [0, 0.05) is 48.6 Å². The third-order valence-electron chi connectivity index (χ3n) is 23.5. The van der Waals surface area contributed by atoms with Crippen LogP contribution in [0.3, 0.4) is 0 Å². The van der Waals surface area contributed by atoms with Gasteiger partial charge in [-0.15, -0.1) is 43.1 Å². The van der Waals surface area contributed by atoms with Gasteiger partial charge in [-0.05, 0) is 193 Å². The third-order valence-corrected chi connectivity index (χ3v) is 26.4. The smallest absolute Gasteiger partial charge is 0.424 e. The Kier molecular flexibility index (Phi) is 25.9. The average Bonchev–Trinajstić information content (AvgIpc) is 1.54. The summed E-state index contributed by atoms with van der Waals surface area (Å²) in [4.78, 5) is 158. The summed E-state index contributed by atoms with van der Waals surface area (Å²) in [6, 6.07) is 21.4. The number of aryl methyl sites for hydroxylation is 4. The molecule has 33 heteroatoms. The van der Waals surface area contributed by atoms with Crippen LogP contribution < -0.4 is 25.8 Å². The monoisotopic (exact) mass is 1740 g/mol. The molecule has 4 aromatic heterocycles. The Morgan fingerprint density at radius 3 is 1.46 bits per heavy atom. The summed E-state index contributed by atoms with van der Waals surface area (Å²) in [6.07, 6.45) is 12.8. The lowest BCUT2D eigenvalue weighted by Crippen LogP contribution is -2.61. The number of unbranched alkanes of at least 4 members (excludes halogenated alkanes) is 10. The van der Waals surface area contributed by atoms with Gasteiger partial charge in [0.25, 0.3) is 29.5 Å². The summed E-state index contributed by atoms with van der Waals surface area (Å²) >= 11 is 15.6. The zero-order valence-electron chi connectivity index (χ0n) is 69.6. The van der Waals surface area contributed by atoms with Crippen molar-refractivity contribution in [3.05, 3.63) is 184 Å². The summed E-state index contributed by atoms with van der Waals surface area (Å²) in [7, 11) is 0. The van der Waals surface area contributed by atoms with Gasteiger partial charge >= 0.3 is 12.1 Å². The van der Waals surface area contributed by atoms with Gasteiger partial charge in [0.1, 0.15) is 62.9 Å². The highest BCUT2D eigenvalue weighted by molar-refractivity contribution is 7.15. The summed E-state index contributed by atoms with van der Waals surface area (Å²) in [5.41, 5.74) is 11.3. The zero-order chi connectivity index (χ0) is 87.0. The molecule has 122 heavy (non-hydrogen) atoms. The summed E-state index contributed by atoms with van der Waals surface area (Å²) in [5.74, 6) is -2.62. The van der Waals surface area contributed by atoms with Gasteiger partial charge in [-0.25, -0.2) is 4.79 Å². The number of nitrogens with two attached hydrogens (primary N) is 1. The van der Waals surface area contributed by atoms with Crippen molar-refractivity contribution in [1.29, 1.82) is 0 Å². The molecule has 2 saturated carbocycles. The van der Waals surface area contributed by atoms with Crippen LogP contribution in [0.5, 0.6) is 11.5 Å². The minimum Gasteiger partial charge on any atom is -0.493 e. The molecular weight excluding hydrogens is 1640 g/mol. The summed E-state index contributed by atoms with van der Waals surface area (Å²) < 4.78 is 21.2. The number of carboxylic acids is 1. The molecule has 0 radical (unpaired) electrons. The molecule has 4 atom stereocenters. The minimum absolute atomic E-state index is 0.00419. The van der Waals surface area contributed by atoms with Crippen LogP contribution in [-0.4, -0.2) is 170 Å². The Labute approximate surface area is 723 Å². The first kappa shape index (κ1) is 87.4. The van der Waals surface area contributed by atoms with Crippen molar-refractivity contribution in [2.24, 2.45) is 26.5 Å². The van der Waals surface area contributed by atoms with Crippen LogP contribution in [0.15, 0.2) is 94.9 Å². The number of nitrogens with one attached hydrogen (secondary N) is 2. The van der Waals surface area contributed by atoms with Crippen LogP contribution in [0.1, 0.15) is 269 Å². The maximum Gasteiger partial charge on any atom is 0.424 e. The van der Waals surface area contributed by atoms with Crippen LogP contribution in [-0.2, 0) is 33.5 Å². The minimum atomic E-state index is -1.28. The molecule has 10 heterocycles. The Morgan fingerprint density at radius 1 is 0.557 bits per heavy atom. The zero-order valence-corrected chi connectivity index (χ0v) is 72.7. The van der Waals surface area contributed by atoms with Crippen molar-refractivity contribution >= 4 is 123 Å². The van der Waals surface area contributed by atoms with E-state index >= 15 is 0 Å². The molecular formula is C89H98Cl2N14O15S2. The second kappa shape index (κ2) is 36.2. The number of piperidine rings is 2. The molecule has 2 saturated heterocycles. The summed E-state index contributed by atoms with van der Waals surface area (Å²) in [6.45, 7) is 19.0. The van der Waals surface area contributed by atoms with E-state index in [0.717, 1.165) is 153 Å². The number of imide groups is 6. The molecule has 640 valence electrons. The van der Waals surface area contributed by atoms with Gasteiger partial charge in [0.15, 0.2) is 11.6 Å². The van der Waals surface area contributed by atoms with Crippen LogP contribution in [0, 0.1) is 52.4 Å². The number of hydrogen-bond acceptors (Lipinski definition) is 23. The quantitative estimate of drug-likeness (QED) is 0.0274. The lowest BCUT2D eigenvalue weighted by atomic mass is 9.89. The molecule has 5 N–H and O–H groups in total. The maximum absolute atomic E-state index is 13.6. The molecule has 4 aromatic carbocycles. The largest absolute Gasteiger partial charge is 0.493 e. The molecule has 8 aromatic rings. The number of benzene rings is 4. The molecule has 10 amide bonds. The Morgan fingerprint density at radius 2 is 1.00 bits per heavy atom. The van der Waals surface area contributed by atoms with E-state index < -0.39 is 94.0 Å². The summed E-state index contributed by atoms with van der Waals surface area (Å²) in [5, 5.41) is 35.4. The lowest BCUT2D eigenvalue weighted by molar-refractivity contribution is -0.155. The average molecular weight is 1740 g/mol. The Hall–Kier alpha value is -11.0. The number of aliphatic imine (C=N–C) groups is 2. The van der Waals surface area contributed by atoms with Gasteiger partial charge in [-0.2, -0.15) is 4.90 Å². The fourth-order valence-electron chi connectivity index (χ4n) is 16.5. The predicted molar refractivity (Wildman–Crippen MR) is 457 cm³/mol. The van der Waals surface area contributed by atoms with E-state index in [9.17, 15) is 57.8 Å². The van der Waals surface area contributed by atoms with E-state index in [1.54, 1.807) is 73.8 Å². The van der Waals surface area contributed by atoms with Crippen molar-refractivity contribution in [1.82, 2.24) is 54.9 Å². The van der Waals surface area contributed by atoms with Crippen molar-refractivity contribution in [2.75, 3.05) is 26.3 Å². The van der Waals surface area contributed by atoms with Crippen molar-refractivity contribution < 1.29 is 72.1 Å². The normalized spacial score (nSPS) is 18.7. The number of hydrogen-bond donors (Lipinski definition) is 4. The van der Waals surface area contributed by atoms with Gasteiger partial charge in [0.05, 0.1) is 70.6 Å². The highest BCUT2D eigenvalue weighted by Gasteiger charge is 2.64. The number of aromatic nitrogens is 6. The molecule has 6 aliphatic heterocycles. The number of thiophene rings is 2. The number of halogens is 2. The SMILES string of the molecule is CC(C)(C)OC(=O)N1C(=O)C(N2C(=O)c3cccc(OCCCCCCCCN)c3C2=O)CC2(CC2)C1=O.Cc1sc2c(c1C)C(c1ccc(Cl)cc1)=N[C@@H](CC(=O)NCCCCCCCCOc1cccc3c1C(=O)N(C1CC4(CC4)C(=O)NC1=O)C3=O)c1nnc(C)n1-2.Cc1sc2c(c1C)C(c1ccc(Cl)cc1)=N[C@@H](CC(=O)O)c1nnc(C)n1-2. The predicted octanol–water partition coefficient (Wildman–Crippen LogP) is 14.6. The van der Waals surface area contributed by atoms with E-state index in [1.807, 2.05) is 71.5 Å². The fraction of sp³-hybridized carbons (Fsp3) is 0.449. The van der Waals surface area contributed by atoms with E-state index in [0.29, 0.717) is 84.3 Å². The highest BCUT2D eigenvalue weighted by Crippen LogP contribution is 2.56. The number of carboxylic acid groups (broad SMARTS) is 1. The Balaban J connectivity index is 0.000000161. The first-order valence-corrected chi connectivity index (χ1v) is 43.9. The molecule has 29 nitrogen and oxygen atoms in total. The maximum atomic E-state index is 13.6. The Bertz CT molecular complexity index is 5580. The van der Waals surface area contributed by atoms with Crippen LogP contribution in [0.2, 0.25) is 10.0 Å². The first-order chi connectivity index (χ1) is 58.3. The van der Waals surface area contributed by atoms with Crippen LogP contribution in [0.25, 0.3) is 10.0 Å². The molecule has 2 aliphatic carbocycles. The van der Waals surface area contributed by atoms with Gasteiger partial charge in [-0.1, -0.05) is 111 Å². The molecule has 2 spiro atoms. The second-order valence-electron chi connectivity index (χ2n) is 33.3. The number of aliphatic carboxylic acids is 1. The molecule has 4 fully saturated rings. The lowest BCUT2D eigenvalue weighted by Gasteiger charge is -2.38. The van der Waals surface area contributed by atoms with Crippen LogP contribution in [0.4, 0.5) is 4.79 Å². The van der Waals surface area contributed by atoms with E-state index in [-0.39, 0.29) is 65.5 Å². The molecule has 0 bridgehead atoms. The number of nitrogens with zero attached hydrogens (tertiary/aromatic N) is 11. The number of carbonyl (C=O) groups excluding carboxylic acids is 10. The number of rotatable bonds is 27. The molecule has 8 aliphatic rings. The highest BCUT2D eigenvalue weighted by atomic mass is 35.5. The number of amides is 10. The first-order valence-electron chi connectivity index (χ1n) is 41.5. The topological polar surface area (TPSA) is 382 Å². The molecule has 16 rings (SSSR count).